The summed E-state index contributed by atoms with van der Waals surface area (Å²) in [5, 5.41) is 4.55. The van der Waals surface area contributed by atoms with E-state index >= 15 is 0 Å². The Balaban J connectivity index is 1.87. The SMILES string of the molecule is CCn1nc(C(=O)c2ccccc2)cc1C1CCN(C)CC1. The Hall–Kier alpha value is -1.94. The molecule has 2 aromatic rings. The van der Waals surface area contributed by atoms with Crippen LogP contribution in [-0.2, 0) is 6.54 Å². The molecule has 1 aromatic heterocycles. The minimum atomic E-state index is 0.0157. The lowest BCUT2D eigenvalue weighted by Crippen LogP contribution is -2.30. The molecule has 1 aromatic carbocycles. The summed E-state index contributed by atoms with van der Waals surface area (Å²) in [6.07, 6.45) is 2.28. The molecule has 4 heteroatoms. The van der Waals surface area contributed by atoms with E-state index in [-0.39, 0.29) is 5.78 Å². The van der Waals surface area contributed by atoms with Crippen LogP contribution in [0.2, 0.25) is 0 Å². The van der Waals surface area contributed by atoms with Gasteiger partial charge < -0.3 is 4.90 Å². The fourth-order valence-electron chi connectivity index (χ4n) is 3.17. The predicted molar refractivity (Wildman–Crippen MR) is 87.2 cm³/mol. The number of carbonyl (C=O) groups is 1. The van der Waals surface area contributed by atoms with Crippen LogP contribution >= 0.6 is 0 Å². The van der Waals surface area contributed by atoms with Crippen LogP contribution in [0.25, 0.3) is 0 Å². The van der Waals surface area contributed by atoms with Crippen molar-refractivity contribution in [3.8, 4) is 0 Å². The molecule has 2 heterocycles. The van der Waals surface area contributed by atoms with Crippen LogP contribution < -0.4 is 0 Å². The number of ketones is 1. The summed E-state index contributed by atoms with van der Waals surface area (Å²) in [6, 6.07) is 11.4. The lowest BCUT2D eigenvalue weighted by molar-refractivity contribution is 0.103. The van der Waals surface area contributed by atoms with Crippen molar-refractivity contribution in [2.24, 2.45) is 0 Å². The first-order valence-electron chi connectivity index (χ1n) is 8.05. The molecule has 1 aliphatic heterocycles. The molecule has 0 spiro atoms. The van der Waals surface area contributed by atoms with Crippen molar-refractivity contribution in [2.45, 2.75) is 32.2 Å². The third-order valence-electron chi connectivity index (χ3n) is 4.52. The van der Waals surface area contributed by atoms with Crippen molar-refractivity contribution in [3.05, 3.63) is 53.3 Å². The summed E-state index contributed by atoms with van der Waals surface area (Å²) in [4.78, 5) is 14.9. The Morgan fingerprint density at radius 2 is 1.91 bits per heavy atom. The van der Waals surface area contributed by atoms with E-state index in [4.69, 9.17) is 0 Å². The molecule has 1 aliphatic rings. The quantitative estimate of drug-likeness (QED) is 0.814. The fraction of sp³-hybridized carbons (Fsp3) is 0.444. The van der Waals surface area contributed by atoms with E-state index in [0.717, 1.165) is 32.5 Å². The highest BCUT2D eigenvalue weighted by atomic mass is 16.1. The highest BCUT2D eigenvalue weighted by molar-refractivity contribution is 6.07. The third kappa shape index (κ3) is 2.97. The monoisotopic (exact) mass is 297 g/mol. The van der Waals surface area contributed by atoms with Gasteiger partial charge in [0.1, 0.15) is 5.69 Å². The number of hydrogen-bond acceptors (Lipinski definition) is 3. The number of aryl methyl sites for hydroxylation is 1. The molecule has 1 saturated heterocycles. The minimum absolute atomic E-state index is 0.0157. The normalized spacial score (nSPS) is 16.8. The molecule has 0 radical (unpaired) electrons. The molecule has 0 amide bonds. The van der Waals surface area contributed by atoms with Crippen molar-refractivity contribution >= 4 is 5.78 Å². The van der Waals surface area contributed by atoms with Crippen LogP contribution in [0.5, 0.6) is 0 Å². The van der Waals surface area contributed by atoms with Gasteiger partial charge in [-0.1, -0.05) is 30.3 Å². The van der Waals surface area contributed by atoms with E-state index in [1.54, 1.807) is 0 Å². The highest BCUT2D eigenvalue weighted by Crippen LogP contribution is 2.28. The topological polar surface area (TPSA) is 38.1 Å². The number of aromatic nitrogens is 2. The van der Waals surface area contributed by atoms with Gasteiger partial charge in [0.2, 0.25) is 5.78 Å². The number of likely N-dealkylation sites (tertiary alicyclic amines) is 1. The zero-order valence-electron chi connectivity index (χ0n) is 13.3. The molecule has 4 nitrogen and oxygen atoms in total. The number of benzene rings is 1. The molecule has 0 aliphatic carbocycles. The minimum Gasteiger partial charge on any atom is -0.306 e. The van der Waals surface area contributed by atoms with Gasteiger partial charge in [0.05, 0.1) is 0 Å². The average Bonchev–Trinajstić information content (AvgIpc) is 3.00. The summed E-state index contributed by atoms with van der Waals surface area (Å²) in [5.74, 6) is 0.531. The Labute approximate surface area is 131 Å². The van der Waals surface area contributed by atoms with Gasteiger partial charge in [-0.2, -0.15) is 5.10 Å². The Morgan fingerprint density at radius 3 is 2.55 bits per heavy atom. The largest absolute Gasteiger partial charge is 0.306 e. The van der Waals surface area contributed by atoms with Crippen LogP contribution in [0, 0.1) is 0 Å². The molecule has 0 N–H and O–H groups in total. The smallest absolute Gasteiger partial charge is 0.213 e. The zero-order chi connectivity index (χ0) is 15.5. The maximum atomic E-state index is 12.6. The van der Waals surface area contributed by atoms with Crippen molar-refractivity contribution in [1.29, 1.82) is 0 Å². The van der Waals surface area contributed by atoms with Gasteiger partial charge in [-0.25, -0.2) is 0 Å². The molecule has 0 unspecified atom stereocenters. The van der Waals surface area contributed by atoms with Gasteiger partial charge in [0.15, 0.2) is 0 Å². The van der Waals surface area contributed by atoms with E-state index in [0.29, 0.717) is 17.2 Å². The van der Waals surface area contributed by atoms with Gasteiger partial charge >= 0.3 is 0 Å². The summed E-state index contributed by atoms with van der Waals surface area (Å²) in [6.45, 7) is 5.12. The molecule has 22 heavy (non-hydrogen) atoms. The van der Waals surface area contributed by atoms with Gasteiger partial charge in [0.25, 0.3) is 0 Å². The lowest BCUT2D eigenvalue weighted by Gasteiger charge is -2.29. The molecular weight excluding hydrogens is 274 g/mol. The number of nitrogens with zero attached hydrogens (tertiary/aromatic N) is 3. The molecule has 0 atom stereocenters. The Morgan fingerprint density at radius 1 is 1.23 bits per heavy atom. The molecule has 3 rings (SSSR count). The Kier molecular flexibility index (Phi) is 4.39. The van der Waals surface area contributed by atoms with Gasteiger partial charge in [-0.3, -0.25) is 9.48 Å². The molecule has 0 bridgehead atoms. The molecule has 116 valence electrons. The standard InChI is InChI=1S/C18H23N3O/c1-3-21-17(14-9-11-20(2)12-10-14)13-16(19-21)18(22)15-7-5-4-6-8-15/h4-8,13-14H,3,9-12H2,1-2H3. The van der Waals surface area contributed by atoms with E-state index in [2.05, 4.69) is 24.0 Å². The lowest BCUT2D eigenvalue weighted by atomic mass is 9.93. The second kappa shape index (κ2) is 6.44. The summed E-state index contributed by atoms with van der Waals surface area (Å²) < 4.78 is 2.01. The third-order valence-corrected chi connectivity index (χ3v) is 4.52. The van der Waals surface area contributed by atoms with Crippen LogP contribution in [-0.4, -0.2) is 40.6 Å². The van der Waals surface area contributed by atoms with E-state index < -0.39 is 0 Å². The predicted octanol–water partition coefficient (Wildman–Crippen LogP) is 2.94. The first kappa shape index (κ1) is 15.0. The van der Waals surface area contributed by atoms with E-state index in [9.17, 15) is 4.79 Å². The summed E-state index contributed by atoms with van der Waals surface area (Å²) in [5.41, 5.74) is 2.50. The van der Waals surface area contributed by atoms with Crippen LogP contribution in [0.3, 0.4) is 0 Å². The van der Waals surface area contributed by atoms with Crippen molar-refractivity contribution in [2.75, 3.05) is 20.1 Å². The van der Waals surface area contributed by atoms with E-state index in [1.165, 1.54) is 5.69 Å². The molecular formula is C18H23N3O. The highest BCUT2D eigenvalue weighted by Gasteiger charge is 2.24. The van der Waals surface area contributed by atoms with E-state index in [1.807, 2.05) is 41.1 Å². The van der Waals surface area contributed by atoms with Gasteiger partial charge in [-0.05, 0) is 46.0 Å². The van der Waals surface area contributed by atoms with Gasteiger partial charge in [0, 0.05) is 23.7 Å². The Bertz CT molecular complexity index is 640. The number of carbonyl (C=O) groups excluding carboxylic acids is 1. The van der Waals surface area contributed by atoms with Crippen molar-refractivity contribution < 1.29 is 4.79 Å². The maximum Gasteiger partial charge on any atom is 0.213 e. The number of rotatable bonds is 4. The van der Waals surface area contributed by atoms with Crippen LogP contribution in [0.4, 0.5) is 0 Å². The maximum absolute atomic E-state index is 12.6. The second-order valence-electron chi connectivity index (χ2n) is 6.04. The zero-order valence-corrected chi connectivity index (χ0v) is 13.3. The summed E-state index contributed by atoms with van der Waals surface area (Å²) in [7, 11) is 2.16. The van der Waals surface area contributed by atoms with Crippen molar-refractivity contribution in [3.63, 3.8) is 0 Å². The van der Waals surface area contributed by atoms with Gasteiger partial charge in [-0.15, -0.1) is 0 Å². The van der Waals surface area contributed by atoms with Crippen LogP contribution in [0.1, 0.15) is 47.4 Å². The second-order valence-corrected chi connectivity index (χ2v) is 6.04. The molecule has 0 saturated carbocycles. The number of piperidine rings is 1. The summed E-state index contributed by atoms with van der Waals surface area (Å²) >= 11 is 0. The van der Waals surface area contributed by atoms with Crippen LogP contribution in [0.15, 0.2) is 36.4 Å². The van der Waals surface area contributed by atoms with Crippen molar-refractivity contribution in [1.82, 2.24) is 14.7 Å². The molecule has 1 fully saturated rings. The first-order chi connectivity index (χ1) is 10.7. The first-order valence-corrected chi connectivity index (χ1v) is 8.05. The number of hydrogen-bond donors (Lipinski definition) is 0. The fourth-order valence-corrected chi connectivity index (χ4v) is 3.17. The average molecular weight is 297 g/mol.